The third kappa shape index (κ3) is 5.49. The van der Waals surface area contributed by atoms with Gasteiger partial charge in [0.15, 0.2) is 0 Å². The predicted octanol–water partition coefficient (Wildman–Crippen LogP) is 5.54. The van der Waals surface area contributed by atoms with E-state index in [0.717, 1.165) is 29.6 Å². The van der Waals surface area contributed by atoms with E-state index in [9.17, 15) is 8.78 Å². The van der Waals surface area contributed by atoms with Gasteiger partial charge in [0, 0.05) is 25.2 Å². The van der Waals surface area contributed by atoms with Crippen LogP contribution in [0.15, 0.2) is 29.3 Å². The number of ether oxygens (including phenoxy) is 1. The van der Waals surface area contributed by atoms with E-state index in [1.54, 1.807) is 13.3 Å². The second-order valence-electron chi connectivity index (χ2n) is 6.92. The standard InChI is InChI=1S/C21H27F2N3O/c1-7-26(6)12-24-20-11-19(13(2)3)21(25-14(20)4)27-15(5)16-8-17(22)10-18(23)9-16/h8-13,15H,7H2,1-6H3/b24-12+. The summed E-state index contributed by atoms with van der Waals surface area (Å²) in [5, 5.41) is 0. The van der Waals surface area contributed by atoms with Gasteiger partial charge in [-0.1, -0.05) is 13.8 Å². The molecule has 0 aliphatic heterocycles. The molecular formula is C21H27F2N3O. The van der Waals surface area contributed by atoms with E-state index in [-0.39, 0.29) is 5.92 Å². The van der Waals surface area contributed by atoms with Crippen LogP contribution in [0.1, 0.15) is 56.5 Å². The molecule has 146 valence electrons. The zero-order valence-electron chi connectivity index (χ0n) is 16.8. The van der Waals surface area contributed by atoms with Crippen LogP contribution in [0.3, 0.4) is 0 Å². The number of nitrogens with zero attached hydrogens (tertiary/aromatic N) is 3. The lowest BCUT2D eigenvalue weighted by atomic mass is 10.0. The van der Waals surface area contributed by atoms with E-state index in [0.29, 0.717) is 11.4 Å². The van der Waals surface area contributed by atoms with Gasteiger partial charge in [-0.3, -0.25) is 0 Å². The molecule has 0 amide bonds. The minimum absolute atomic E-state index is 0.155. The summed E-state index contributed by atoms with van der Waals surface area (Å²) in [5.74, 6) is -0.637. The van der Waals surface area contributed by atoms with Crippen molar-refractivity contribution in [2.75, 3.05) is 13.6 Å². The summed E-state index contributed by atoms with van der Waals surface area (Å²) in [5.41, 5.74) is 2.83. The SMILES string of the molecule is CCN(C)/C=N/c1cc(C(C)C)c(OC(C)c2cc(F)cc(F)c2)nc1C. The molecule has 0 spiro atoms. The van der Waals surface area contributed by atoms with Gasteiger partial charge in [-0.25, -0.2) is 18.8 Å². The van der Waals surface area contributed by atoms with Crippen molar-refractivity contribution < 1.29 is 13.5 Å². The van der Waals surface area contributed by atoms with Crippen molar-refractivity contribution in [2.24, 2.45) is 4.99 Å². The fourth-order valence-electron chi connectivity index (χ4n) is 2.51. The Labute approximate surface area is 159 Å². The van der Waals surface area contributed by atoms with Crippen LogP contribution in [-0.2, 0) is 0 Å². The van der Waals surface area contributed by atoms with Gasteiger partial charge in [0.05, 0.1) is 17.7 Å². The zero-order chi connectivity index (χ0) is 20.1. The molecule has 2 aromatic rings. The molecule has 0 bridgehead atoms. The topological polar surface area (TPSA) is 37.7 Å². The van der Waals surface area contributed by atoms with Gasteiger partial charge in [-0.05, 0) is 50.5 Å². The Morgan fingerprint density at radius 1 is 1.15 bits per heavy atom. The molecule has 0 saturated heterocycles. The molecule has 1 aromatic carbocycles. The monoisotopic (exact) mass is 375 g/mol. The highest BCUT2D eigenvalue weighted by atomic mass is 19.1. The Bertz CT molecular complexity index is 801. The molecule has 4 nitrogen and oxygen atoms in total. The quantitative estimate of drug-likeness (QED) is 0.471. The fraction of sp³-hybridized carbons (Fsp3) is 0.429. The van der Waals surface area contributed by atoms with Crippen LogP contribution in [0, 0.1) is 18.6 Å². The number of pyridine rings is 1. The molecule has 27 heavy (non-hydrogen) atoms. The molecule has 1 heterocycles. The average Bonchev–Trinajstić information content (AvgIpc) is 2.59. The van der Waals surface area contributed by atoms with E-state index in [1.165, 1.54) is 12.1 Å². The van der Waals surface area contributed by atoms with Gasteiger partial charge in [0.25, 0.3) is 0 Å². The highest BCUT2D eigenvalue weighted by molar-refractivity contribution is 5.63. The predicted molar refractivity (Wildman–Crippen MR) is 105 cm³/mol. The maximum atomic E-state index is 13.5. The van der Waals surface area contributed by atoms with Crippen molar-refractivity contribution in [3.63, 3.8) is 0 Å². The van der Waals surface area contributed by atoms with Crippen molar-refractivity contribution in [1.29, 1.82) is 0 Å². The molecule has 1 atom stereocenters. The van der Waals surface area contributed by atoms with Gasteiger partial charge in [0.2, 0.25) is 5.88 Å². The number of aromatic nitrogens is 1. The Kier molecular flexibility index (Phi) is 6.88. The number of rotatable bonds is 7. The molecule has 6 heteroatoms. The fourth-order valence-corrected chi connectivity index (χ4v) is 2.51. The number of aliphatic imine (C=N–C) groups is 1. The Hall–Kier alpha value is -2.50. The first-order valence-corrected chi connectivity index (χ1v) is 9.09. The Balaban J connectivity index is 2.35. The maximum Gasteiger partial charge on any atom is 0.217 e. The molecule has 0 saturated carbocycles. The lowest BCUT2D eigenvalue weighted by Gasteiger charge is -2.20. The lowest BCUT2D eigenvalue weighted by molar-refractivity contribution is 0.213. The first-order valence-electron chi connectivity index (χ1n) is 9.09. The van der Waals surface area contributed by atoms with Crippen molar-refractivity contribution in [1.82, 2.24) is 9.88 Å². The third-order valence-corrected chi connectivity index (χ3v) is 4.34. The van der Waals surface area contributed by atoms with Gasteiger partial charge in [-0.2, -0.15) is 0 Å². The van der Waals surface area contributed by atoms with Crippen LogP contribution in [0.4, 0.5) is 14.5 Å². The zero-order valence-corrected chi connectivity index (χ0v) is 16.8. The van der Waals surface area contributed by atoms with Crippen LogP contribution < -0.4 is 4.74 Å². The number of halogens is 2. The molecule has 0 fully saturated rings. The first kappa shape index (κ1) is 20.8. The van der Waals surface area contributed by atoms with Crippen molar-refractivity contribution >= 4 is 12.0 Å². The molecule has 0 N–H and O–H groups in total. The van der Waals surface area contributed by atoms with Gasteiger partial charge < -0.3 is 9.64 Å². The summed E-state index contributed by atoms with van der Waals surface area (Å²) in [7, 11) is 1.95. The van der Waals surface area contributed by atoms with Crippen LogP contribution in [0.5, 0.6) is 5.88 Å². The summed E-state index contributed by atoms with van der Waals surface area (Å²) in [4.78, 5) is 11.0. The molecule has 0 aliphatic rings. The van der Waals surface area contributed by atoms with Crippen LogP contribution in [0.2, 0.25) is 0 Å². The second kappa shape index (κ2) is 8.93. The highest BCUT2D eigenvalue weighted by Gasteiger charge is 2.17. The summed E-state index contributed by atoms with van der Waals surface area (Å²) < 4.78 is 33.0. The Morgan fingerprint density at radius 2 is 1.78 bits per heavy atom. The minimum atomic E-state index is -0.626. The van der Waals surface area contributed by atoms with Gasteiger partial charge in [-0.15, -0.1) is 0 Å². The summed E-state index contributed by atoms with van der Waals surface area (Å²) >= 11 is 0. The summed E-state index contributed by atoms with van der Waals surface area (Å²) in [6, 6.07) is 5.35. The molecule has 0 aliphatic carbocycles. The first-order chi connectivity index (χ1) is 12.7. The average molecular weight is 375 g/mol. The molecular weight excluding hydrogens is 348 g/mol. The van der Waals surface area contributed by atoms with Crippen molar-refractivity contribution in [3.8, 4) is 5.88 Å². The molecule has 1 aromatic heterocycles. The third-order valence-electron chi connectivity index (χ3n) is 4.34. The molecule has 1 unspecified atom stereocenters. The number of hydrogen-bond acceptors (Lipinski definition) is 3. The molecule has 2 rings (SSSR count). The Morgan fingerprint density at radius 3 is 2.33 bits per heavy atom. The number of hydrogen-bond donors (Lipinski definition) is 0. The smallest absolute Gasteiger partial charge is 0.217 e. The van der Waals surface area contributed by atoms with Crippen molar-refractivity contribution in [3.05, 3.63) is 52.7 Å². The van der Waals surface area contributed by atoms with Gasteiger partial charge >= 0.3 is 0 Å². The molecule has 0 radical (unpaired) electrons. The van der Waals surface area contributed by atoms with E-state index < -0.39 is 17.7 Å². The van der Waals surface area contributed by atoms with Crippen LogP contribution >= 0.6 is 0 Å². The lowest BCUT2D eigenvalue weighted by Crippen LogP contribution is -2.14. The minimum Gasteiger partial charge on any atom is -0.470 e. The summed E-state index contributed by atoms with van der Waals surface area (Å²) in [6.07, 6.45) is 1.23. The van der Waals surface area contributed by atoms with E-state index in [2.05, 4.69) is 9.98 Å². The number of benzene rings is 1. The summed E-state index contributed by atoms with van der Waals surface area (Å²) in [6.45, 7) is 10.6. The highest BCUT2D eigenvalue weighted by Crippen LogP contribution is 2.33. The van der Waals surface area contributed by atoms with Crippen LogP contribution in [-0.4, -0.2) is 29.8 Å². The maximum absolute atomic E-state index is 13.5. The van der Waals surface area contributed by atoms with Crippen molar-refractivity contribution in [2.45, 2.75) is 46.6 Å². The normalized spacial score (nSPS) is 12.6. The van der Waals surface area contributed by atoms with E-state index in [1.807, 2.05) is 45.7 Å². The van der Waals surface area contributed by atoms with Gasteiger partial charge in [0.1, 0.15) is 17.7 Å². The second-order valence-corrected chi connectivity index (χ2v) is 6.92. The van der Waals surface area contributed by atoms with E-state index >= 15 is 0 Å². The van der Waals surface area contributed by atoms with E-state index in [4.69, 9.17) is 4.74 Å². The number of aryl methyl sites for hydroxylation is 1. The van der Waals surface area contributed by atoms with Crippen LogP contribution in [0.25, 0.3) is 0 Å². The largest absolute Gasteiger partial charge is 0.470 e.